The zero-order valence-electron chi connectivity index (χ0n) is 11.8. The van der Waals surface area contributed by atoms with Crippen LogP contribution in [0.25, 0.3) is 0 Å². The first-order valence-electron chi connectivity index (χ1n) is 6.52. The molecule has 17 heavy (non-hydrogen) atoms. The van der Waals surface area contributed by atoms with Crippen molar-refractivity contribution in [1.82, 2.24) is 10.3 Å². The second-order valence-electron chi connectivity index (χ2n) is 5.98. The smallest absolute Gasteiger partial charge is 0.0794 e. The average Bonchev–Trinajstić information content (AvgIpc) is 2.69. The minimum atomic E-state index is 0.321. The SMILES string of the molecule is CC(C)CNCC(C)(Cc1cncs1)C(C)C. The Kier molecular flexibility index (Phi) is 5.60. The Morgan fingerprint density at radius 1 is 1.35 bits per heavy atom. The maximum Gasteiger partial charge on any atom is 0.0794 e. The molecule has 0 aliphatic rings. The van der Waals surface area contributed by atoms with Gasteiger partial charge in [0.1, 0.15) is 0 Å². The fourth-order valence-corrected chi connectivity index (χ4v) is 2.64. The van der Waals surface area contributed by atoms with E-state index < -0.39 is 0 Å². The molecule has 1 aromatic rings. The lowest BCUT2D eigenvalue weighted by Crippen LogP contribution is -2.39. The Labute approximate surface area is 110 Å². The van der Waals surface area contributed by atoms with E-state index in [4.69, 9.17) is 0 Å². The fourth-order valence-electron chi connectivity index (χ4n) is 1.84. The van der Waals surface area contributed by atoms with E-state index in [0.717, 1.165) is 25.4 Å². The van der Waals surface area contributed by atoms with Gasteiger partial charge < -0.3 is 5.32 Å². The predicted molar refractivity (Wildman–Crippen MR) is 76.5 cm³/mol. The largest absolute Gasteiger partial charge is 0.316 e. The van der Waals surface area contributed by atoms with E-state index in [2.05, 4.69) is 44.9 Å². The summed E-state index contributed by atoms with van der Waals surface area (Å²) in [4.78, 5) is 5.57. The summed E-state index contributed by atoms with van der Waals surface area (Å²) in [6, 6.07) is 0. The molecule has 0 fully saturated rings. The highest BCUT2D eigenvalue weighted by Gasteiger charge is 2.28. The highest BCUT2D eigenvalue weighted by atomic mass is 32.1. The van der Waals surface area contributed by atoms with E-state index in [1.165, 1.54) is 4.88 Å². The predicted octanol–water partition coefficient (Wildman–Crippen LogP) is 3.59. The molecule has 1 N–H and O–H groups in total. The third-order valence-electron chi connectivity index (χ3n) is 3.54. The Hall–Kier alpha value is -0.410. The van der Waals surface area contributed by atoms with Crippen molar-refractivity contribution in [3.05, 3.63) is 16.6 Å². The van der Waals surface area contributed by atoms with E-state index in [1.807, 2.05) is 11.7 Å². The summed E-state index contributed by atoms with van der Waals surface area (Å²) >= 11 is 1.77. The van der Waals surface area contributed by atoms with Crippen molar-refractivity contribution in [2.75, 3.05) is 13.1 Å². The Balaban J connectivity index is 2.56. The second-order valence-corrected chi connectivity index (χ2v) is 6.95. The highest BCUT2D eigenvalue weighted by Crippen LogP contribution is 2.31. The van der Waals surface area contributed by atoms with Crippen LogP contribution in [0.3, 0.4) is 0 Å². The van der Waals surface area contributed by atoms with Gasteiger partial charge in [0.05, 0.1) is 5.51 Å². The molecule has 0 radical (unpaired) electrons. The molecular weight excluding hydrogens is 228 g/mol. The molecule has 1 aromatic heterocycles. The van der Waals surface area contributed by atoms with Gasteiger partial charge in [-0.15, -0.1) is 11.3 Å². The van der Waals surface area contributed by atoms with Crippen molar-refractivity contribution in [2.45, 2.75) is 41.0 Å². The van der Waals surface area contributed by atoms with Crippen LogP contribution in [0.5, 0.6) is 0 Å². The minimum Gasteiger partial charge on any atom is -0.316 e. The first-order valence-corrected chi connectivity index (χ1v) is 7.40. The molecule has 1 unspecified atom stereocenters. The van der Waals surface area contributed by atoms with Crippen molar-refractivity contribution in [2.24, 2.45) is 17.3 Å². The standard InChI is InChI=1S/C14H26N2S/c1-11(2)7-15-9-14(5,12(3)4)6-13-8-16-10-17-13/h8,10-12,15H,6-7,9H2,1-5H3. The van der Waals surface area contributed by atoms with Gasteiger partial charge in [0.2, 0.25) is 0 Å². The number of hydrogen-bond acceptors (Lipinski definition) is 3. The third kappa shape index (κ3) is 4.76. The number of hydrogen-bond donors (Lipinski definition) is 1. The zero-order valence-corrected chi connectivity index (χ0v) is 12.6. The first-order chi connectivity index (χ1) is 7.94. The maximum atomic E-state index is 4.17. The lowest BCUT2D eigenvalue weighted by Gasteiger charge is -2.34. The summed E-state index contributed by atoms with van der Waals surface area (Å²) in [5.41, 5.74) is 2.25. The van der Waals surface area contributed by atoms with Gasteiger partial charge in [-0.1, -0.05) is 34.6 Å². The van der Waals surface area contributed by atoms with Crippen LogP contribution in [-0.2, 0) is 6.42 Å². The molecule has 0 aliphatic heterocycles. The van der Waals surface area contributed by atoms with Crippen LogP contribution in [0.4, 0.5) is 0 Å². The quantitative estimate of drug-likeness (QED) is 0.804. The molecule has 0 amide bonds. The number of rotatable bonds is 7. The van der Waals surface area contributed by atoms with Gasteiger partial charge in [0.15, 0.2) is 0 Å². The molecule has 98 valence electrons. The van der Waals surface area contributed by atoms with Crippen LogP contribution in [-0.4, -0.2) is 18.1 Å². The van der Waals surface area contributed by atoms with Crippen LogP contribution in [0.1, 0.15) is 39.5 Å². The van der Waals surface area contributed by atoms with Crippen LogP contribution in [0.2, 0.25) is 0 Å². The monoisotopic (exact) mass is 254 g/mol. The number of aromatic nitrogens is 1. The van der Waals surface area contributed by atoms with E-state index >= 15 is 0 Å². The molecule has 1 atom stereocenters. The van der Waals surface area contributed by atoms with Gasteiger partial charge >= 0.3 is 0 Å². The van der Waals surface area contributed by atoms with Gasteiger partial charge in [-0.2, -0.15) is 0 Å². The van der Waals surface area contributed by atoms with Gasteiger partial charge in [0.25, 0.3) is 0 Å². The van der Waals surface area contributed by atoms with Crippen LogP contribution < -0.4 is 5.32 Å². The van der Waals surface area contributed by atoms with Gasteiger partial charge in [0, 0.05) is 17.6 Å². The van der Waals surface area contributed by atoms with Gasteiger partial charge in [-0.25, -0.2) is 0 Å². The van der Waals surface area contributed by atoms with Gasteiger partial charge in [-0.3, -0.25) is 4.98 Å². The molecular formula is C14H26N2S. The number of nitrogens with one attached hydrogen (secondary N) is 1. The van der Waals surface area contributed by atoms with E-state index in [0.29, 0.717) is 11.3 Å². The summed E-state index contributed by atoms with van der Waals surface area (Å²) < 4.78 is 0. The number of nitrogens with zero attached hydrogens (tertiary/aromatic N) is 1. The summed E-state index contributed by atoms with van der Waals surface area (Å²) in [7, 11) is 0. The third-order valence-corrected chi connectivity index (χ3v) is 4.32. The molecule has 0 spiro atoms. The lowest BCUT2D eigenvalue weighted by atomic mass is 9.76. The highest BCUT2D eigenvalue weighted by molar-refractivity contribution is 7.09. The minimum absolute atomic E-state index is 0.321. The second kappa shape index (κ2) is 6.50. The molecule has 3 heteroatoms. The summed E-state index contributed by atoms with van der Waals surface area (Å²) in [5.74, 6) is 1.39. The van der Waals surface area contributed by atoms with E-state index in [1.54, 1.807) is 11.3 Å². The van der Waals surface area contributed by atoms with E-state index in [9.17, 15) is 0 Å². The molecule has 0 aromatic carbocycles. The molecule has 0 aliphatic carbocycles. The van der Waals surface area contributed by atoms with Crippen molar-refractivity contribution < 1.29 is 0 Å². The molecule has 1 heterocycles. The van der Waals surface area contributed by atoms with Crippen molar-refractivity contribution in [1.29, 1.82) is 0 Å². The number of thiazole rings is 1. The van der Waals surface area contributed by atoms with Crippen LogP contribution >= 0.6 is 11.3 Å². The summed E-state index contributed by atoms with van der Waals surface area (Å²) in [5, 5.41) is 3.60. The van der Waals surface area contributed by atoms with Gasteiger partial charge in [-0.05, 0) is 30.2 Å². The molecule has 1 rings (SSSR count). The molecule has 2 nitrogen and oxygen atoms in total. The van der Waals surface area contributed by atoms with Crippen LogP contribution in [0.15, 0.2) is 11.7 Å². The fraction of sp³-hybridized carbons (Fsp3) is 0.786. The topological polar surface area (TPSA) is 24.9 Å². The maximum absolute atomic E-state index is 4.17. The zero-order chi connectivity index (χ0) is 12.9. The molecule has 0 bridgehead atoms. The lowest BCUT2D eigenvalue weighted by molar-refractivity contribution is 0.206. The normalized spacial score (nSPS) is 15.5. The summed E-state index contributed by atoms with van der Waals surface area (Å²) in [6.07, 6.45) is 3.13. The first kappa shape index (κ1) is 14.7. The molecule has 0 saturated heterocycles. The van der Waals surface area contributed by atoms with Crippen molar-refractivity contribution >= 4 is 11.3 Å². The van der Waals surface area contributed by atoms with E-state index in [-0.39, 0.29) is 0 Å². The average molecular weight is 254 g/mol. The summed E-state index contributed by atoms with van der Waals surface area (Å²) in [6.45, 7) is 13.7. The van der Waals surface area contributed by atoms with Crippen molar-refractivity contribution in [3.63, 3.8) is 0 Å². The Morgan fingerprint density at radius 2 is 2.06 bits per heavy atom. The Bertz CT molecular complexity index is 306. The Morgan fingerprint density at radius 3 is 2.53 bits per heavy atom. The van der Waals surface area contributed by atoms with Crippen LogP contribution in [0, 0.1) is 17.3 Å². The van der Waals surface area contributed by atoms with Crippen molar-refractivity contribution in [3.8, 4) is 0 Å². The molecule has 0 saturated carbocycles.